The molecule has 2 heterocycles. The molecule has 2 aromatic rings. The molecule has 0 aliphatic carbocycles. The van der Waals surface area contributed by atoms with E-state index in [0.29, 0.717) is 12.0 Å². The summed E-state index contributed by atoms with van der Waals surface area (Å²) in [6.07, 6.45) is 3.56. The predicted octanol–water partition coefficient (Wildman–Crippen LogP) is -0.0786. The highest BCUT2D eigenvalue weighted by molar-refractivity contribution is 5.99. The molecule has 3 rings (SSSR count). The van der Waals surface area contributed by atoms with Gasteiger partial charge in [-0.2, -0.15) is 0 Å². The number of pyridine rings is 1. The number of nitrogens with one attached hydrogen (secondary N) is 5. The Morgan fingerprint density at radius 3 is 2.30 bits per heavy atom. The topological polar surface area (TPSA) is 179 Å². The van der Waals surface area contributed by atoms with Crippen LogP contribution in [0.25, 0.3) is 0 Å². The van der Waals surface area contributed by atoms with E-state index in [2.05, 4.69) is 31.6 Å². The standard InChI is InChI=1S/C31H41N7O6/c1-19(2)26-30(43)34-20(3)27(40)36-24(17-21-9-6-5-7-10-21)31(44)38(4)18-25(39)33-14-8-11-23(29(42)37-26)35-28(41)22-12-15-32-16-13-22/h5-7,9-10,12-13,15-16,19-20,23-24,26H,8,11,14,17-18H2,1-4H3,(H,33,39)(H,34,43)(H,35,41)(H,36,40)(H,37,42)/t20-,23+,24+,26-/m1/s1. The molecule has 0 spiro atoms. The Bertz CT molecular complexity index is 1320. The molecule has 1 aliphatic rings. The van der Waals surface area contributed by atoms with Gasteiger partial charge in [0.15, 0.2) is 0 Å². The molecule has 0 unspecified atom stereocenters. The van der Waals surface area contributed by atoms with Gasteiger partial charge in [0.1, 0.15) is 24.2 Å². The predicted molar refractivity (Wildman–Crippen MR) is 162 cm³/mol. The molecule has 0 radical (unpaired) electrons. The third kappa shape index (κ3) is 9.89. The number of carbonyl (C=O) groups is 6. The zero-order valence-electron chi connectivity index (χ0n) is 25.5. The van der Waals surface area contributed by atoms with E-state index in [-0.39, 0.29) is 31.8 Å². The second-order valence-electron chi connectivity index (χ2n) is 11.2. The molecule has 1 aromatic carbocycles. The third-order valence-corrected chi connectivity index (χ3v) is 7.21. The van der Waals surface area contributed by atoms with E-state index in [4.69, 9.17) is 0 Å². The van der Waals surface area contributed by atoms with Gasteiger partial charge < -0.3 is 31.5 Å². The van der Waals surface area contributed by atoms with E-state index in [1.165, 1.54) is 43.4 Å². The van der Waals surface area contributed by atoms with Gasteiger partial charge in [0.2, 0.25) is 29.5 Å². The number of hydrogen-bond acceptors (Lipinski definition) is 7. The maximum Gasteiger partial charge on any atom is 0.252 e. The van der Waals surface area contributed by atoms with Crippen LogP contribution in [0.15, 0.2) is 54.9 Å². The fourth-order valence-corrected chi connectivity index (χ4v) is 4.67. The highest BCUT2D eigenvalue weighted by Crippen LogP contribution is 2.09. The van der Waals surface area contributed by atoms with Crippen LogP contribution in [-0.4, -0.2) is 89.6 Å². The minimum atomic E-state index is -1.05. The number of rotatable bonds is 5. The average Bonchev–Trinajstić information content (AvgIpc) is 3.00. The molecule has 13 nitrogen and oxygen atoms in total. The smallest absolute Gasteiger partial charge is 0.252 e. The zero-order chi connectivity index (χ0) is 32.2. The summed E-state index contributed by atoms with van der Waals surface area (Å²) < 4.78 is 0. The molecule has 0 saturated carbocycles. The molecule has 1 aromatic heterocycles. The Kier molecular flexibility index (Phi) is 12.4. The number of hydrogen-bond donors (Lipinski definition) is 5. The SMILES string of the molecule is CC(C)[C@H]1NC(=O)[C@@H](NC(=O)c2ccncc2)CCCNC(=O)CN(C)C(=O)[C@H](Cc2ccccc2)NC(=O)[C@@H](C)NC1=O. The van der Waals surface area contributed by atoms with E-state index >= 15 is 0 Å². The van der Waals surface area contributed by atoms with Gasteiger partial charge >= 0.3 is 0 Å². The lowest BCUT2D eigenvalue weighted by molar-refractivity contribution is -0.139. The molecule has 1 fully saturated rings. The maximum absolute atomic E-state index is 13.4. The first kappa shape index (κ1) is 33.7. The van der Waals surface area contributed by atoms with E-state index in [9.17, 15) is 28.8 Å². The highest BCUT2D eigenvalue weighted by Gasteiger charge is 2.32. The molecule has 6 amide bonds. The number of benzene rings is 1. The molecule has 236 valence electrons. The average molecular weight is 608 g/mol. The molecular weight excluding hydrogens is 566 g/mol. The summed E-state index contributed by atoms with van der Waals surface area (Å²) in [5.74, 6) is -3.54. The third-order valence-electron chi connectivity index (χ3n) is 7.21. The van der Waals surface area contributed by atoms with Crippen molar-refractivity contribution in [3.63, 3.8) is 0 Å². The first-order chi connectivity index (χ1) is 21.0. The summed E-state index contributed by atoms with van der Waals surface area (Å²) in [5, 5.41) is 13.5. The molecule has 4 atom stereocenters. The first-order valence-corrected chi connectivity index (χ1v) is 14.6. The van der Waals surface area contributed by atoms with Crippen LogP contribution in [0.5, 0.6) is 0 Å². The summed E-state index contributed by atoms with van der Waals surface area (Å²) in [6.45, 7) is 4.87. The van der Waals surface area contributed by atoms with Crippen LogP contribution in [0, 0.1) is 5.92 Å². The molecule has 1 aliphatic heterocycles. The summed E-state index contributed by atoms with van der Waals surface area (Å²) in [7, 11) is 1.47. The monoisotopic (exact) mass is 607 g/mol. The fourth-order valence-electron chi connectivity index (χ4n) is 4.67. The van der Waals surface area contributed by atoms with Crippen molar-refractivity contribution in [3.8, 4) is 0 Å². The Hall–Kier alpha value is -4.81. The lowest BCUT2D eigenvalue weighted by Crippen LogP contribution is -2.59. The van der Waals surface area contributed by atoms with Crippen molar-refractivity contribution in [1.82, 2.24) is 36.5 Å². The largest absolute Gasteiger partial charge is 0.355 e. The molecule has 1 saturated heterocycles. The van der Waals surface area contributed by atoms with E-state index in [1.807, 2.05) is 30.3 Å². The second kappa shape index (κ2) is 16.1. The van der Waals surface area contributed by atoms with Crippen LogP contribution in [0.2, 0.25) is 0 Å². The number of carbonyl (C=O) groups excluding carboxylic acids is 6. The van der Waals surface area contributed by atoms with Crippen molar-refractivity contribution >= 4 is 35.4 Å². The van der Waals surface area contributed by atoms with E-state index < -0.39 is 59.6 Å². The fraction of sp³-hybridized carbons (Fsp3) is 0.452. The lowest BCUT2D eigenvalue weighted by Gasteiger charge is -2.28. The van der Waals surface area contributed by atoms with Crippen molar-refractivity contribution in [2.24, 2.45) is 5.92 Å². The Balaban J connectivity index is 1.84. The number of aromatic nitrogens is 1. The van der Waals surface area contributed by atoms with Crippen molar-refractivity contribution in [1.29, 1.82) is 0 Å². The van der Waals surface area contributed by atoms with Gasteiger partial charge in [0.25, 0.3) is 5.91 Å². The van der Waals surface area contributed by atoms with Gasteiger partial charge in [0.05, 0.1) is 6.54 Å². The van der Waals surface area contributed by atoms with Gasteiger partial charge in [-0.05, 0) is 43.4 Å². The number of nitrogens with zero attached hydrogens (tertiary/aromatic N) is 2. The maximum atomic E-state index is 13.4. The quantitative estimate of drug-likeness (QED) is 0.316. The Morgan fingerprint density at radius 1 is 0.955 bits per heavy atom. The van der Waals surface area contributed by atoms with Gasteiger partial charge in [-0.3, -0.25) is 33.8 Å². The van der Waals surface area contributed by atoms with Crippen molar-refractivity contribution < 1.29 is 28.8 Å². The van der Waals surface area contributed by atoms with Crippen LogP contribution in [0.4, 0.5) is 0 Å². The summed E-state index contributed by atoms with van der Waals surface area (Å²) in [4.78, 5) is 84.0. The van der Waals surface area contributed by atoms with Crippen LogP contribution < -0.4 is 26.6 Å². The van der Waals surface area contributed by atoms with Crippen LogP contribution in [-0.2, 0) is 30.4 Å². The number of amides is 6. The van der Waals surface area contributed by atoms with Crippen LogP contribution in [0.3, 0.4) is 0 Å². The number of likely N-dealkylation sites (N-methyl/N-ethyl adjacent to an activating group) is 1. The normalized spacial score (nSPS) is 23.0. The second-order valence-corrected chi connectivity index (χ2v) is 11.2. The van der Waals surface area contributed by atoms with E-state index in [0.717, 1.165) is 5.56 Å². The van der Waals surface area contributed by atoms with Gasteiger partial charge in [0, 0.05) is 38.0 Å². The van der Waals surface area contributed by atoms with Gasteiger partial charge in [-0.25, -0.2) is 0 Å². The zero-order valence-corrected chi connectivity index (χ0v) is 25.5. The highest BCUT2D eigenvalue weighted by atomic mass is 16.2. The summed E-state index contributed by atoms with van der Waals surface area (Å²) in [6, 6.07) is 8.04. The minimum Gasteiger partial charge on any atom is -0.355 e. The molecule has 5 N–H and O–H groups in total. The van der Waals surface area contributed by atoms with Crippen LogP contribution in [0.1, 0.15) is 49.5 Å². The van der Waals surface area contributed by atoms with Gasteiger partial charge in [-0.15, -0.1) is 0 Å². The minimum absolute atomic E-state index is 0.155. The van der Waals surface area contributed by atoms with Crippen molar-refractivity contribution in [3.05, 3.63) is 66.0 Å². The Labute approximate surface area is 256 Å². The Morgan fingerprint density at radius 2 is 1.64 bits per heavy atom. The van der Waals surface area contributed by atoms with Crippen LogP contribution >= 0.6 is 0 Å². The van der Waals surface area contributed by atoms with Crippen molar-refractivity contribution in [2.75, 3.05) is 20.1 Å². The molecule has 0 bridgehead atoms. The summed E-state index contributed by atoms with van der Waals surface area (Å²) >= 11 is 0. The molecular formula is C31H41N7O6. The summed E-state index contributed by atoms with van der Waals surface area (Å²) in [5.41, 5.74) is 1.10. The van der Waals surface area contributed by atoms with E-state index in [1.54, 1.807) is 13.8 Å². The molecule has 13 heteroatoms. The van der Waals surface area contributed by atoms with Crippen molar-refractivity contribution in [2.45, 2.75) is 64.2 Å². The molecule has 44 heavy (non-hydrogen) atoms. The lowest BCUT2D eigenvalue weighted by atomic mass is 10.0. The first-order valence-electron chi connectivity index (χ1n) is 14.6. The van der Waals surface area contributed by atoms with Gasteiger partial charge in [-0.1, -0.05) is 44.2 Å².